The summed E-state index contributed by atoms with van der Waals surface area (Å²) in [6.07, 6.45) is 0. The quantitative estimate of drug-likeness (QED) is 0.695. The molecule has 0 atom stereocenters. The van der Waals surface area contributed by atoms with Crippen molar-refractivity contribution in [3.63, 3.8) is 0 Å². The van der Waals surface area contributed by atoms with Crippen LogP contribution in [-0.4, -0.2) is 27.2 Å². The van der Waals surface area contributed by atoms with E-state index in [4.69, 9.17) is 16.3 Å². The van der Waals surface area contributed by atoms with Gasteiger partial charge in [0.25, 0.3) is 0 Å². The lowest BCUT2D eigenvalue weighted by Crippen LogP contribution is -2.11. The van der Waals surface area contributed by atoms with Gasteiger partial charge in [0.15, 0.2) is 11.3 Å². The highest BCUT2D eigenvalue weighted by Gasteiger charge is 2.24. The molecule has 0 N–H and O–H groups in total. The molecule has 112 valence electrons. The standard InChI is InChI=1S/C15H11ClFN3O2/c1-2-22-15(21)14-13(9-5-3-4-6-10(9)17)18-12-8-7-11(16)19-20(12)14/h3-8H,2H2,1H3. The largest absolute Gasteiger partial charge is 0.461 e. The first-order chi connectivity index (χ1) is 10.6. The zero-order valence-electron chi connectivity index (χ0n) is 11.6. The Kier molecular flexibility index (Phi) is 3.77. The molecule has 0 saturated heterocycles. The molecule has 0 spiro atoms. The molecular formula is C15H11ClFN3O2. The number of rotatable bonds is 3. The summed E-state index contributed by atoms with van der Waals surface area (Å²) in [7, 11) is 0. The van der Waals surface area contributed by atoms with Gasteiger partial charge in [0.2, 0.25) is 0 Å². The number of carbonyl (C=O) groups is 1. The van der Waals surface area contributed by atoms with Crippen LogP contribution in [0, 0.1) is 5.82 Å². The molecule has 3 rings (SSSR count). The van der Waals surface area contributed by atoms with E-state index in [1.807, 2.05) is 0 Å². The van der Waals surface area contributed by atoms with Crippen LogP contribution < -0.4 is 0 Å². The highest BCUT2D eigenvalue weighted by Crippen LogP contribution is 2.27. The average Bonchev–Trinajstić information content (AvgIpc) is 2.86. The molecule has 3 aromatic rings. The van der Waals surface area contributed by atoms with E-state index >= 15 is 0 Å². The van der Waals surface area contributed by atoms with Crippen LogP contribution in [0.1, 0.15) is 17.4 Å². The van der Waals surface area contributed by atoms with Gasteiger partial charge in [0.05, 0.1) is 6.61 Å². The van der Waals surface area contributed by atoms with Crippen LogP contribution in [0.15, 0.2) is 36.4 Å². The lowest BCUT2D eigenvalue weighted by Gasteiger charge is -2.05. The van der Waals surface area contributed by atoms with Crippen molar-refractivity contribution in [2.75, 3.05) is 6.61 Å². The lowest BCUT2D eigenvalue weighted by atomic mass is 10.1. The third-order valence-electron chi connectivity index (χ3n) is 3.04. The first kappa shape index (κ1) is 14.5. The zero-order valence-corrected chi connectivity index (χ0v) is 12.3. The number of nitrogens with zero attached hydrogens (tertiary/aromatic N) is 3. The van der Waals surface area contributed by atoms with Gasteiger partial charge in [-0.05, 0) is 31.2 Å². The fourth-order valence-electron chi connectivity index (χ4n) is 2.13. The third-order valence-corrected chi connectivity index (χ3v) is 3.24. The van der Waals surface area contributed by atoms with Gasteiger partial charge >= 0.3 is 5.97 Å². The maximum atomic E-state index is 14.1. The number of fused-ring (bicyclic) bond motifs is 1. The van der Waals surface area contributed by atoms with Gasteiger partial charge in [0.1, 0.15) is 16.7 Å². The molecule has 0 radical (unpaired) electrons. The predicted octanol–water partition coefficient (Wildman–Crippen LogP) is 3.37. The van der Waals surface area contributed by atoms with Crippen molar-refractivity contribution < 1.29 is 13.9 Å². The van der Waals surface area contributed by atoms with Crippen molar-refractivity contribution in [2.45, 2.75) is 6.92 Å². The van der Waals surface area contributed by atoms with Gasteiger partial charge in [-0.1, -0.05) is 23.7 Å². The van der Waals surface area contributed by atoms with E-state index in [1.54, 1.807) is 37.3 Å². The van der Waals surface area contributed by atoms with E-state index in [2.05, 4.69) is 10.1 Å². The normalized spacial score (nSPS) is 10.9. The Morgan fingerprint density at radius 2 is 2.09 bits per heavy atom. The molecule has 7 heteroatoms. The molecular weight excluding hydrogens is 309 g/mol. The highest BCUT2D eigenvalue weighted by atomic mass is 35.5. The number of esters is 1. The van der Waals surface area contributed by atoms with Gasteiger partial charge in [-0.2, -0.15) is 5.10 Å². The number of imidazole rings is 1. The highest BCUT2D eigenvalue weighted by molar-refractivity contribution is 6.29. The monoisotopic (exact) mass is 319 g/mol. The molecule has 0 aliphatic rings. The molecule has 1 aromatic carbocycles. The van der Waals surface area contributed by atoms with Crippen LogP contribution >= 0.6 is 11.6 Å². The first-order valence-electron chi connectivity index (χ1n) is 6.59. The molecule has 5 nitrogen and oxygen atoms in total. The summed E-state index contributed by atoms with van der Waals surface area (Å²) in [4.78, 5) is 16.5. The van der Waals surface area contributed by atoms with E-state index in [-0.39, 0.29) is 28.7 Å². The molecule has 22 heavy (non-hydrogen) atoms. The van der Waals surface area contributed by atoms with Crippen LogP contribution in [0.2, 0.25) is 5.15 Å². The Bertz CT molecular complexity index is 863. The smallest absolute Gasteiger partial charge is 0.359 e. The van der Waals surface area contributed by atoms with Gasteiger partial charge in [-0.25, -0.2) is 18.7 Å². The molecule has 2 aromatic heterocycles. The molecule has 0 bridgehead atoms. The van der Waals surface area contributed by atoms with Crippen molar-refractivity contribution in [1.82, 2.24) is 14.6 Å². The third kappa shape index (κ3) is 2.42. The minimum absolute atomic E-state index is 0.0458. The zero-order chi connectivity index (χ0) is 15.7. The number of benzene rings is 1. The number of halogens is 2. The molecule has 0 fully saturated rings. The number of aromatic nitrogens is 3. The maximum Gasteiger partial charge on any atom is 0.359 e. The summed E-state index contributed by atoms with van der Waals surface area (Å²) in [6.45, 7) is 1.87. The second-order valence-corrected chi connectivity index (χ2v) is 4.82. The van der Waals surface area contributed by atoms with Crippen molar-refractivity contribution >= 4 is 23.2 Å². The Balaban J connectivity index is 2.32. The molecule has 0 amide bonds. The Morgan fingerprint density at radius 3 is 2.82 bits per heavy atom. The van der Waals surface area contributed by atoms with Gasteiger partial charge in [-0.3, -0.25) is 0 Å². The average molecular weight is 320 g/mol. The molecule has 0 aliphatic carbocycles. The van der Waals surface area contributed by atoms with E-state index in [9.17, 15) is 9.18 Å². The van der Waals surface area contributed by atoms with Crippen molar-refractivity contribution in [3.05, 3.63) is 53.1 Å². The van der Waals surface area contributed by atoms with Gasteiger partial charge < -0.3 is 4.74 Å². The molecule has 2 heterocycles. The predicted molar refractivity (Wildman–Crippen MR) is 79.3 cm³/mol. The Morgan fingerprint density at radius 1 is 1.32 bits per heavy atom. The second kappa shape index (κ2) is 5.73. The SMILES string of the molecule is CCOC(=O)c1c(-c2ccccc2F)nc2ccc(Cl)nn12. The van der Waals surface area contributed by atoms with Crippen molar-refractivity contribution in [3.8, 4) is 11.3 Å². The maximum absolute atomic E-state index is 14.1. The number of hydrogen-bond acceptors (Lipinski definition) is 4. The van der Waals surface area contributed by atoms with Crippen LogP contribution in [0.25, 0.3) is 16.9 Å². The van der Waals surface area contributed by atoms with Crippen molar-refractivity contribution in [2.24, 2.45) is 0 Å². The molecule has 0 saturated carbocycles. The Hall–Kier alpha value is -2.47. The van der Waals surface area contributed by atoms with E-state index in [0.29, 0.717) is 5.65 Å². The fraction of sp³-hybridized carbons (Fsp3) is 0.133. The van der Waals surface area contributed by atoms with Crippen LogP contribution in [0.5, 0.6) is 0 Å². The van der Waals surface area contributed by atoms with Gasteiger partial charge in [0, 0.05) is 5.56 Å². The summed E-state index contributed by atoms with van der Waals surface area (Å²) in [5.41, 5.74) is 0.800. The summed E-state index contributed by atoms with van der Waals surface area (Å²) in [5.74, 6) is -1.12. The summed E-state index contributed by atoms with van der Waals surface area (Å²) in [6, 6.07) is 9.22. The van der Waals surface area contributed by atoms with E-state index in [1.165, 1.54) is 10.6 Å². The summed E-state index contributed by atoms with van der Waals surface area (Å²) in [5, 5.41) is 4.24. The first-order valence-corrected chi connectivity index (χ1v) is 6.97. The van der Waals surface area contributed by atoms with Crippen molar-refractivity contribution in [1.29, 1.82) is 0 Å². The molecule has 0 unspecified atom stereocenters. The summed E-state index contributed by atoms with van der Waals surface area (Å²) >= 11 is 5.87. The fourth-order valence-corrected chi connectivity index (χ4v) is 2.27. The topological polar surface area (TPSA) is 56.5 Å². The number of carbonyl (C=O) groups excluding carboxylic acids is 1. The lowest BCUT2D eigenvalue weighted by molar-refractivity contribution is 0.0518. The number of hydrogen-bond donors (Lipinski definition) is 0. The summed E-state index contributed by atoms with van der Waals surface area (Å²) < 4.78 is 20.4. The van der Waals surface area contributed by atoms with E-state index < -0.39 is 11.8 Å². The number of ether oxygens (including phenoxy) is 1. The van der Waals surface area contributed by atoms with Gasteiger partial charge in [-0.15, -0.1) is 0 Å². The molecule has 0 aliphatic heterocycles. The van der Waals surface area contributed by atoms with Crippen LogP contribution in [0.3, 0.4) is 0 Å². The minimum atomic E-state index is -0.636. The van der Waals surface area contributed by atoms with E-state index in [0.717, 1.165) is 0 Å². The van der Waals surface area contributed by atoms with Crippen LogP contribution in [-0.2, 0) is 4.74 Å². The minimum Gasteiger partial charge on any atom is -0.461 e. The Labute approximate surface area is 130 Å². The second-order valence-electron chi connectivity index (χ2n) is 4.44. The van der Waals surface area contributed by atoms with Crippen LogP contribution in [0.4, 0.5) is 4.39 Å².